The second kappa shape index (κ2) is 6.34. The smallest absolute Gasteiger partial charge is 0.127 e. The Kier molecular flexibility index (Phi) is 5.37. The van der Waals surface area contributed by atoms with E-state index in [2.05, 4.69) is 5.32 Å². The summed E-state index contributed by atoms with van der Waals surface area (Å²) >= 11 is 5.81. The molecule has 0 aromatic heterocycles. The lowest BCUT2D eigenvalue weighted by Crippen LogP contribution is -2.32. The quantitative estimate of drug-likeness (QED) is 0.770. The molecule has 0 aliphatic rings. The molecule has 96 valence electrons. The van der Waals surface area contributed by atoms with Crippen molar-refractivity contribution in [1.82, 2.24) is 5.32 Å². The number of hydrogen-bond donors (Lipinski definition) is 2. The highest BCUT2D eigenvalue weighted by molar-refractivity contribution is 6.30. The molecule has 2 nitrogen and oxygen atoms in total. The zero-order chi connectivity index (χ0) is 12.9. The molecule has 0 atom stereocenters. The van der Waals surface area contributed by atoms with Crippen LogP contribution in [0.1, 0.15) is 32.3 Å². The van der Waals surface area contributed by atoms with Crippen LogP contribution in [0.15, 0.2) is 18.2 Å². The minimum Gasteiger partial charge on any atom is -0.326 e. The van der Waals surface area contributed by atoms with E-state index in [9.17, 15) is 4.39 Å². The maximum Gasteiger partial charge on any atom is 0.127 e. The van der Waals surface area contributed by atoms with Crippen molar-refractivity contribution >= 4 is 11.6 Å². The van der Waals surface area contributed by atoms with Gasteiger partial charge in [-0.05, 0) is 51.4 Å². The number of halogens is 2. The van der Waals surface area contributed by atoms with Gasteiger partial charge in [0.1, 0.15) is 5.82 Å². The lowest BCUT2D eigenvalue weighted by atomic mass is 10.0. The number of benzene rings is 1. The van der Waals surface area contributed by atoms with Crippen molar-refractivity contribution in [2.75, 3.05) is 6.54 Å². The van der Waals surface area contributed by atoms with Crippen molar-refractivity contribution in [1.29, 1.82) is 0 Å². The van der Waals surface area contributed by atoms with E-state index in [-0.39, 0.29) is 11.4 Å². The highest BCUT2D eigenvalue weighted by Crippen LogP contribution is 2.14. The monoisotopic (exact) mass is 258 g/mol. The summed E-state index contributed by atoms with van der Waals surface area (Å²) in [6.07, 6.45) is 1.92. The molecule has 0 saturated heterocycles. The van der Waals surface area contributed by atoms with Crippen LogP contribution in [0.3, 0.4) is 0 Å². The number of hydrogen-bond acceptors (Lipinski definition) is 2. The zero-order valence-corrected chi connectivity index (χ0v) is 11.1. The summed E-state index contributed by atoms with van der Waals surface area (Å²) in [5.41, 5.74) is 6.33. The Morgan fingerprint density at radius 1 is 1.41 bits per heavy atom. The van der Waals surface area contributed by atoms with Crippen LogP contribution in [0.25, 0.3) is 0 Å². The first-order valence-electron chi connectivity index (χ1n) is 5.82. The van der Waals surface area contributed by atoms with Crippen molar-refractivity contribution in [3.05, 3.63) is 34.6 Å². The van der Waals surface area contributed by atoms with Crippen LogP contribution in [0, 0.1) is 5.82 Å². The Morgan fingerprint density at radius 3 is 2.76 bits per heavy atom. The van der Waals surface area contributed by atoms with E-state index in [0.29, 0.717) is 17.1 Å². The predicted octanol–water partition coefficient (Wildman–Crippen LogP) is 3.09. The van der Waals surface area contributed by atoms with Gasteiger partial charge in [0.25, 0.3) is 0 Å². The first-order chi connectivity index (χ1) is 7.88. The Bertz CT molecular complexity index is 361. The van der Waals surface area contributed by atoms with Gasteiger partial charge in [0, 0.05) is 22.7 Å². The van der Waals surface area contributed by atoms with E-state index < -0.39 is 0 Å². The third-order valence-corrected chi connectivity index (χ3v) is 2.73. The van der Waals surface area contributed by atoms with Crippen molar-refractivity contribution in [3.63, 3.8) is 0 Å². The fourth-order valence-corrected chi connectivity index (χ4v) is 1.77. The second-order valence-corrected chi connectivity index (χ2v) is 5.44. The summed E-state index contributed by atoms with van der Waals surface area (Å²) in [6.45, 7) is 5.33. The van der Waals surface area contributed by atoms with Gasteiger partial charge in [-0.25, -0.2) is 4.39 Å². The largest absolute Gasteiger partial charge is 0.326 e. The standard InChI is InChI=1S/C13H20ClFN2/c1-13(2,16)6-3-7-17-9-10-8-11(14)4-5-12(10)15/h4-5,8,17H,3,6-7,9,16H2,1-2H3. The molecule has 0 amide bonds. The van der Waals surface area contributed by atoms with Crippen molar-refractivity contribution in [3.8, 4) is 0 Å². The summed E-state index contributed by atoms with van der Waals surface area (Å²) in [7, 11) is 0. The number of rotatable bonds is 6. The Labute approximate surface area is 107 Å². The van der Waals surface area contributed by atoms with Crippen molar-refractivity contribution in [2.45, 2.75) is 38.8 Å². The third-order valence-electron chi connectivity index (χ3n) is 2.50. The minimum atomic E-state index is -0.221. The molecule has 0 fully saturated rings. The average Bonchev–Trinajstić information content (AvgIpc) is 2.21. The third kappa shape index (κ3) is 6.01. The lowest BCUT2D eigenvalue weighted by Gasteiger charge is -2.18. The first-order valence-corrected chi connectivity index (χ1v) is 6.20. The molecular formula is C13H20ClFN2. The highest BCUT2D eigenvalue weighted by Gasteiger charge is 2.09. The van der Waals surface area contributed by atoms with Gasteiger partial charge in [0.05, 0.1) is 0 Å². The normalized spacial score (nSPS) is 11.8. The Morgan fingerprint density at radius 2 is 2.12 bits per heavy atom. The first kappa shape index (κ1) is 14.4. The van der Waals surface area contributed by atoms with E-state index in [4.69, 9.17) is 17.3 Å². The Balaban J connectivity index is 2.29. The van der Waals surface area contributed by atoms with E-state index in [1.54, 1.807) is 12.1 Å². The molecule has 1 aromatic rings. The molecule has 3 N–H and O–H groups in total. The predicted molar refractivity (Wildman–Crippen MR) is 70.6 cm³/mol. The molecule has 0 aliphatic carbocycles. The van der Waals surface area contributed by atoms with E-state index in [0.717, 1.165) is 19.4 Å². The van der Waals surface area contributed by atoms with E-state index in [1.807, 2.05) is 13.8 Å². The zero-order valence-electron chi connectivity index (χ0n) is 10.4. The van der Waals surface area contributed by atoms with Crippen LogP contribution >= 0.6 is 11.6 Å². The maximum absolute atomic E-state index is 13.3. The SMILES string of the molecule is CC(C)(N)CCCNCc1cc(Cl)ccc1F. The number of nitrogens with two attached hydrogens (primary N) is 1. The van der Waals surface area contributed by atoms with Gasteiger partial charge in [0.15, 0.2) is 0 Å². The van der Waals surface area contributed by atoms with Crippen LogP contribution in [-0.4, -0.2) is 12.1 Å². The molecule has 0 aliphatic heterocycles. The van der Waals surface area contributed by atoms with E-state index >= 15 is 0 Å². The molecule has 0 unspecified atom stereocenters. The van der Waals surface area contributed by atoms with Crippen LogP contribution in [0.4, 0.5) is 4.39 Å². The molecule has 17 heavy (non-hydrogen) atoms. The van der Waals surface area contributed by atoms with Gasteiger partial charge in [-0.3, -0.25) is 0 Å². The molecule has 1 aromatic carbocycles. The maximum atomic E-state index is 13.3. The fourth-order valence-electron chi connectivity index (χ4n) is 1.57. The summed E-state index contributed by atoms with van der Waals surface area (Å²) in [4.78, 5) is 0. The molecule has 0 saturated carbocycles. The molecule has 4 heteroatoms. The molecule has 0 spiro atoms. The average molecular weight is 259 g/mol. The molecule has 0 radical (unpaired) electrons. The molecular weight excluding hydrogens is 239 g/mol. The summed E-state index contributed by atoms with van der Waals surface area (Å²) in [6, 6.07) is 4.59. The summed E-state index contributed by atoms with van der Waals surface area (Å²) in [5.74, 6) is -0.221. The highest BCUT2D eigenvalue weighted by atomic mass is 35.5. The number of nitrogens with one attached hydrogen (secondary N) is 1. The lowest BCUT2D eigenvalue weighted by molar-refractivity contribution is 0.447. The van der Waals surface area contributed by atoms with Gasteiger partial charge >= 0.3 is 0 Å². The van der Waals surface area contributed by atoms with Crippen LogP contribution < -0.4 is 11.1 Å². The van der Waals surface area contributed by atoms with Gasteiger partial charge < -0.3 is 11.1 Å². The summed E-state index contributed by atoms with van der Waals surface area (Å²) in [5, 5.41) is 3.75. The van der Waals surface area contributed by atoms with Gasteiger partial charge in [0.2, 0.25) is 0 Å². The second-order valence-electron chi connectivity index (χ2n) is 5.00. The Hall–Kier alpha value is -0.640. The minimum absolute atomic E-state index is 0.136. The van der Waals surface area contributed by atoms with Crippen molar-refractivity contribution < 1.29 is 4.39 Å². The molecule has 1 rings (SSSR count). The topological polar surface area (TPSA) is 38.0 Å². The van der Waals surface area contributed by atoms with Crippen LogP contribution in [0.2, 0.25) is 5.02 Å². The van der Waals surface area contributed by atoms with Gasteiger partial charge in [-0.15, -0.1) is 0 Å². The molecule has 0 heterocycles. The van der Waals surface area contributed by atoms with Crippen LogP contribution in [-0.2, 0) is 6.54 Å². The van der Waals surface area contributed by atoms with E-state index in [1.165, 1.54) is 6.07 Å². The summed E-state index contributed by atoms with van der Waals surface area (Å²) < 4.78 is 13.3. The van der Waals surface area contributed by atoms with Crippen molar-refractivity contribution in [2.24, 2.45) is 5.73 Å². The molecule has 0 bridgehead atoms. The van der Waals surface area contributed by atoms with Gasteiger partial charge in [-0.1, -0.05) is 11.6 Å². The van der Waals surface area contributed by atoms with Crippen LogP contribution in [0.5, 0.6) is 0 Å². The van der Waals surface area contributed by atoms with Gasteiger partial charge in [-0.2, -0.15) is 0 Å². The fraction of sp³-hybridized carbons (Fsp3) is 0.538.